The molecular formula is C39H62N2O6. The maximum atomic E-state index is 7.00. The van der Waals surface area contributed by atoms with Crippen molar-refractivity contribution in [1.29, 1.82) is 0 Å². The van der Waals surface area contributed by atoms with Crippen LogP contribution in [0.4, 0.5) is 0 Å². The molecule has 0 spiro atoms. The summed E-state index contributed by atoms with van der Waals surface area (Å²) in [5, 5.41) is 0. The number of hydrogen-bond acceptors (Lipinski definition) is 8. The lowest BCUT2D eigenvalue weighted by Crippen LogP contribution is -2.54. The third-order valence-electron chi connectivity index (χ3n) is 12.9. The number of ether oxygens (including phenoxy) is 6. The van der Waals surface area contributed by atoms with Gasteiger partial charge >= 0.3 is 0 Å². The number of nitrogens with zero attached hydrogens (tertiary/aromatic N) is 2. The van der Waals surface area contributed by atoms with Gasteiger partial charge in [0.1, 0.15) is 0 Å². The summed E-state index contributed by atoms with van der Waals surface area (Å²) in [6.45, 7) is 1.19. The number of methoxy groups -OCH3 is 5. The average Bonchev–Trinajstić information content (AvgIpc) is 3.10. The zero-order chi connectivity index (χ0) is 33.1. The molecule has 9 unspecified atom stereocenters. The highest BCUT2D eigenvalue weighted by Crippen LogP contribution is 2.46. The van der Waals surface area contributed by atoms with Gasteiger partial charge in [0.15, 0.2) is 11.5 Å². The zero-order valence-electron chi connectivity index (χ0n) is 30.2. The molecule has 0 radical (unpaired) electrons. The van der Waals surface area contributed by atoms with Crippen LogP contribution in [0.3, 0.4) is 0 Å². The second kappa shape index (κ2) is 15.8. The van der Waals surface area contributed by atoms with Crippen molar-refractivity contribution in [3.8, 4) is 11.5 Å². The Bertz CT molecular complexity index is 1190. The predicted molar refractivity (Wildman–Crippen MR) is 186 cm³/mol. The van der Waals surface area contributed by atoms with Gasteiger partial charge < -0.3 is 38.2 Å². The van der Waals surface area contributed by atoms with Gasteiger partial charge in [0.2, 0.25) is 0 Å². The highest BCUT2D eigenvalue weighted by molar-refractivity contribution is 5.63. The van der Waals surface area contributed by atoms with E-state index in [-0.39, 0.29) is 24.4 Å². The summed E-state index contributed by atoms with van der Waals surface area (Å²) in [5.74, 6) is 4.40. The van der Waals surface area contributed by atoms with Gasteiger partial charge in [0.25, 0.3) is 0 Å². The van der Waals surface area contributed by atoms with Crippen LogP contribution in [0.15, 0.2) is 18.3 Å². The van der Waals surface area contributed by atoms with E-state index in [1.807, 2.05) is 21.3 Å². The van der Waals surface area contributed by atoms with Crippen molar-refractivity contribution in [2.45, 2.75) is 120 Å². The molecule has 2 heterocycles. The largest absolute Gasteiger partial charge is 0.493 e. The molecule has 1 aromatic rings. The first-order valence-corrected chi connectivity index (χ1v) is 18.5. The van der Waals surface area contributed by atoms with Gasteiger partial charge in [-0.05, 0) is 150 Å². The number of piperidine rings is 1. The normalized spacial score (nSPS) is 37.7. The van der Waals surface area contributed by atoms with Crippen LogP contribution in [0.5, 0.6) is 11.5 Å². The summed E-state index contributed by atoms with van der Waals surface area (Å²) >= 11 is 0. The first-order chi connectivity index (χ1) is 22.8. The molecular weight excluding hydrogens is 592 g/mol. The van der Waals surface area contributed by atoms with Crippen LogP contribution in [-0.2, 0) is 18.9 Å². The van der Waals surface area contributed by atoms with E-state index in [0.717, 1.165) is 62.4 Å². The van der Waals surface area contributed by atoms with Crippen LogP contribution >= 0.6 is 0 Å². The Labute approximate surface area is 284 Å². The third kappa shape index (κ3) is 7.67. The molecule has 47 heavy (non-hydrogen) atoms. The second-order valence-corrected chi connectivity index (χ2v) is 15.4. The molecule has 4 fully saturated rings. The number of benzene rings is 1. The van der Waals surface area contributed by atoms with Crippen molar-refractivity contribution in [3.05, 3.63) is 29.5 Å². The van der Waals surface area contributed by atoms with E-state index in [1.165, 1.54) is 49.8 Å². The fourth-order valence-corrected chi connectivity index (χ4v) is 10.1. The average molecular weight is 655 g/mol. The minimum Gasteiger partial charge on any atom is -0.493 e. The Balaban J connectivity index is 1.04. The van der Waals surface area contributed by atoms with Crippen molar-refractivity contribution in [3.63, 3.8) is 0 Å². The Kier molecular flexibility index (Phi) is 11.8. The Hall–Kier alpha value is -1.84. The van der Waals surface area contributed by atoms with Gasteiger partial charge in [0, 0.05) is 34.4 Å². The maximum absolute atomic E-state index is 7.00. The molecule has 2 aliphatic heterocycles. The molecule has 6 rings (SSSR count). The smallest absolute Gasteiger partial charge is 0.161 e. The first-order valence-electron chi connectivity index (χ1n) is 18.5. The highest BCUT2D eigenvalue weighted by atomic mass is 16.5. The van der Waals surface area contributed by atoms with Crippen LogP contribution in [0, 0.1) is 23.7 Å². The van der Waals surface area contributed by atoms with Crippen molar-refractivity contribution in [2.75, 3.05) is 56.2 Å². The standard InChI is InChI=1S/C39H62N2O6/c1-40-16-14-27-21-35(43-4)37(45-6)23-30(27)32(40)18-25-8-11-29(12-9-25)47-39-20-26(10-13-34(39)42-3)19-33-31-24-38(46-7)36(44-5)22-28(31)15-17-41(33)2/h14,16,21,23,25-26,28-29,31-34,36,38-39H,8-13,15,17-20,22,24H2,1-7H3. The zero-order valence-corrected chi connectivity index (χ0v) is 30.2. The lowest BCUT2D eigenvalue weighted by atomic mass is 9.66. The van der Waals surface area contributed by atoms with Crippen molar-refractivity contribution < 1.29 is 28.4 Å². The van der Waals surface area contributed by atoms with Crippen LogP contribution in [-0.4, -0.2) is 103 Å². The van der Waals surface area contributed by atoms with Gasteiger partial charge in [-0.3, -0.25) is 0 Å². The summed E-state index contributed by atoms with van der Waals surface area (Å²) < 4.78 is 36.1. The first kappa shape index (κ1) is 35.0. The Morgan fingerprint density at radius 1 is 0.681 bits per heavy atom. The highest BCUT2D eigenvalue weighted by Gasteiger charge is 2.46. The van der Waals surface area contributed by atoms with E-state index >= 15 is 0 Å². The molecule has 9 atom stereocenters. The van der Waals surface area contributed by atoms with Crippen LogP contribution < -0.4 is 9.47 Å². The summed E-state index contributed by atoms with van der Waals surface area (Å²) in [6.07, 6.45) is 19.7. The lowest BCUT2D eigenvalue weighted by molar-refractivity contribution is -0.133. The molecule has 1 saturated heterocycles. The van der Waals surface area contributed by atoms with Gasteiger partial charge in [-0.25, -0.2) is 0 Å². The Morgan fingerprint density at radius 3 is 2.06 bits per heavy atom. The summed E-state index contributed by atoms with van der Waals surface area (Å²) in [4.78, 5) is 5.03. The second-order valence-electron chi connectivity index (χ2n) is 15.4. The number of likely N-dealkylation sites (tertiary alicyclic amines) is 1. The molecule has 8 heteroatoms. The minimum absolute atomic E-state index is 0.199. The van der Waals surface area contributed by atoms with E-state index < -0.39 is 0 Å². The van der Waals surface area contributed by atoms with E-state index in [4.69, 9.17) is 28.4 Å². The topological polar surface area (TPSA) is 61.9 Å². The van der Waals surface area contributed by atoms with E-state index in [2.05, 4.69) is 48.3 Å². The fourth-order valence-electron chi connectivity index (χ4n) is 10.1. The van der Waals surface area contributed by atoms with E-state index in [1.54, 1.807) is 14.2 Å². The van der Waals surface area contributed by atoms with Crippen LogP contribution in [0.2, 0.25) is 0 Å². The summed E-state index contributed by atoms with van der Waals surface area (Å²) in [5.41, 5.74) is 2.57. The molecule has 1 aromatic carbocycles. The Morgan fingerprint density at radius 2 is 1.36 bits per heavy atom. The maximum Gasteiger partial charge on any atom is 0.161 e. The van der Waals surface area contributed by atoms with Gasteiger partial charge in [0.05, 0.1) is 50.8 Å². The summed E-state index contributed by atoms with van der Waals surface area (Å²) in [7, 11) is 13.6. The molecule has 0 aromatic heterocycles. The number of rotatable bonds is 11. The number of fused-ring (bicyclic) bond motifs is 2. The molecule has 0 amide bonds. The summed E-state index contributed by atoms with van der Waals surface area (Å²) in [6, 6.07) is 5.26. The van der Waals surface area contributed by atoms with E-state index in [9.17, 15) is 0 Å². The molecule has 8 nitrogen and oxygen atoms in total. The molecule has 3 saturated carbocycles. The van der Waals surface area contributed by atoms with Gasteiger partial charge in [-0.2, -0.15) is 0 Å². The molecule has 0 N–H and O–H groups in total. The van der Waals surface area contributed by atoms with Crippen LogP contribution in [0.25, 0.3) is 6.08 Å². The molecule has 3 aliphatic carbocycles. The van der Waals surface area contributed by atoms with Crippen molar-refractivity contribution in [1.82, 2.24) is 9.80 Å². The lowest BCUT2D eigenvalue weighted by Gasteiger charge is -2.51. The quantitative estimate of drug-likeness (QED) is 0.254. The van der Waals surface area contributed by atoms with Crippen molar-refractivity contribution >= 4 is 6.08 Å². The molecule has 5 aliphatic rings. The molecule has 264 valence electrons. The number of hydrogen-bond donors (Lipinski definition) is 0. The van der Waals surface area contributed by atoms with Crippen LogP contribution in [0.1, 0.15) is 94.2 Å². The predicted octanol–water partition coefficient (Wildman–Crippen LogP) is 6.96. The van der Waals surface area contributed by atoms with Crippen molar-refractivity contribution in [2.24, 2.45) is 23.7 Å². The third-order valence-corrected chi connectivity index (χ3v) is 12.9. The van der Waals surface area contributed by atoms with Gasteiger partial charge in [-0.15, -0.1) is 0 Å². The fraction of sp³-hybridized carbons (Fsp3) is 0.795. The minimum atomic E-state index is 0.199. The van der Waals surface area contributed by atoms with E-state index in [0.29, 0.717) is 35.9 Å². The molecule has 0 bridgehead atoms. The SMILES string of the molecule is COc1cc2c(cc1OC)C(CC1CCC(OC3CC(CC4C5CC(OC)C(OC)CC5CCN4C)CCC3OC)CC1)N(C)C=C2. The monoisotopic (exact) mass is 654 g/mol. The van der Waals surface area contributed by atoms with Gasteiger partial charge in [-0.1, -0.05) is 0 Å².